The van der Waals surface area contributed by atoms with Crippen LogP contribution in [-0.2, 0) is 22.4 Å². The summed E-state index contributed by atoms with van der Waals surface area (Å²) in [6.07, 6.45) is 3.12. The molecule has 21 heavy (non-hydrogen) atoms. The lowest BCUT2D eigenvalue weighted by atomic mass is 9.91. The average Bonchev–Trinajstić information content (AvgIpc) is 2.84. The minimum atomic E-state index is -0.809. The number of carbonyl (C=O) groups is 3. The Bertz CT molecular complexity index is 636. The Labute approximate surface area is 123 Å². The van der Waals surface area contributed by atoms with Gasteiger partial charge in [-0.05, 0) is 48.4 Å². The van der Waals surface area contributed by atoms with Crippen molar-refractivity contribution in [1.82, 2.24) is 5.32 Å². The molecular weight excluding hydrogens is 268 g/mol. The molecule has 1 N–H and O–H groups in total. The number of imide groups is 2. The van der Waals surface area contributed by atoms with E-state index in [4.69, 9.17) is 0 Å². The second-order valence-corrected chi connectivity index (χ2v) is 6.00. The lowest BCUT2D eigenvalue weighted by Crippen LogP contribution is -2.59. The van der Waals surface area contributed by atoms with Crippen LogP contribution >= 0.6 is 0 Å². The Kier molecular flexibility index (Phi) is 3.27. The maximum atomic E-state index is 12.5. The first-order valence-electron chi connectivity index (χ1n) is 7.29. The number of hydrogen-bond donors (Lipinski definition) is 1. The van der Waals surface area contributed by atoms with Crippen molar-refractivity contribution in [2.45, 2.75) is 33.1 Å². The van der Waals surface area contributed by atoms with Gasteiger partial charge in [-0.3, -0.25) is 14.9 Å². The van der Waals surface area contributed by atoms with Crippen LogP contribution in [0.2, 0.25) is 0 Å². The van der Waals surface area contributed by atoms with Crippen molar-refractivity contribution < 1.29 is 14.4 Å². The molecule has 0 bridgehead atoms. The third-order valence-electron chi connectivity index (χ3n) is 4.21. The number of hydrogen-bond acceptors (Lipinski definition) is 3. The molecule has 110 valence electrons. The number of rotatable bonds is 2. The molecule has 4 amide bonds. The maximum absolute atomic E-state index is 12.5. The summed E-state index contributed by atoms with van der Waals surface area (Å²) in [4.78, 5) is 37.5. The minimum Gasteiger partial charge on any atom is -0.277 e. The summed E-state index contributed by atoms with van der Waals surface area (Å²) in [5, 5.41) is 2.28. The molecule has 1 saturated heterocycles. The average molecular weight is 286 g/mol. The van der Waals surface area contributed by atoms with Crippen LogP contribution in [0.4, 0.5) is 10.5 Å². The third-order valence-corrected chi connectivity index (χ3v) is 4.21. The Morgan fingerprint density at radius 1 is 1.14 bits per heavy atom. The number of aryl methyl sites for hydroxylation is 2. The second kappa shape index (κ2) is 4.98. The molecule has 1 aromatic carbocycles. The zero-order valence-electron chi connectivity index (χ0n) is 12.2. The first kappa shape index (κ1) is 13.8. The maximum Gasteiger partial charge on any atom is 0.335 e. The second-order valence-electron chi connectivity index (χ2n) is 6.00. The number of urea groups is 1. The molecule has 5 nitrogen and oxygen atoms in total. The number of nitrogens with zero attached hydrogens (tertiary/aromatic N) is 1. The standard InChI is InChI=1S/C16H18N2O3/c1-9(2)13-14(19)17-16(21)18(15(13)20)12-7-6-10-4-3-5-11(10)8-12/h6-9,13H,3-5H2,1-2H3,(H,17,19,21). The lowest BCUT2D eigenvalue weighted by molar-refractivity contribution is -0.136. The van der Waals surface area contributed by atoms with Gasteiger partial charge in [0, 0.05) is 0 Å². The number of benzene rings is 1. The zero-order valence-corrected chi connectivity index (χ0v) is 12.2. The molecule has 1 fully saturated rings. The Hall–Kier alpha value is -2.17. The molecular formula is C16H18N2O3. The molecule has 3 rings (SSSR count). The summed E-state index contributed by atoms with van der Waals surface area (Å²) >= 11 is 0. The topological polar surface area (TPSA) is 66.5 Å². The summed E-state index contributed by atoms with van der Waals surface area (Å²) in [6, 6.07) is 5.00. The van der Waals surface area contributed by atoms with E-state index in [0.29, 0.717) is 5.69 Å². The first-order chi connectivity index (χ1) is 9.99. The molecule has 2 aliphatic rings. The number of amides is 4. The fraction of sp³-hybridized carbons (Fsp3) is 0.438. The van der Waals surface area contributed by atoms with Crippen LogP contribution in [0.25, 0.3) is 0 Å². The summed E-state index contributed by atoms with van der Waals surface area (Å²) in [5.41, 5.74) is 3.02. The van der Waals surface area contributed by atoms with E-state index >= 15 is 0 Å². The van der Waals surface area contributed by atoms with E-state index < -0.39 is 23.8 Å². The molecule has 0 aromatic heterocycles. The van der Waals surface area contributed by atoms with Crippen LogP contribution in [0.5, 0.6) is 0 Å². The smallest absolute Gasteiger partial charge is 0.277 e. The molecule has 0 spiro atoms. The highest BCUT2D eigenvalue weighted by atomic mass is 16.2. The monoisotopic (exact) mass is 286 g/mol. The van der Waals surface area contributed by atoms with Crippen molar-refractivity contribution in [3.63, 3.8) is 0 Å². The zero-order chi connectivity index (χ0) is 15.1. The number of nitrogens with one attached hydrogen (secondary N) is 1. The predicted octanol–water partition coefficient (Wildman–Crippen LogP) is 2.03. The summed E-state index contributed by atoms with van der Waals surface area (Å²) in [5.74, 6) is -1.90. The predicted molar refractivity (Wildman–Crippen MR) is 77.8 cm³/mol. The normalized spacial score (nSPS) is 21.8. The summed E-state index contributed by atoms with van der Waals surface area (Å²) < 4.78 is 0. The fourth-order valence-electron chi connectivity index (χ4n) is 3.12. The van der Waals surface area contributed by atoms with Crippen LogP contribution in [0.3, 0.4) is 0 Å². The van der Waals surface area contributed by atoms with E-state index in [9.17, 15) is 14.4 Å². The molecule has 0 saturated carbocycles. The van der Waals surface area contributed by atoms with Gasteiger partial charge in [-0.1, -0.05) is 19.9 Å². The van der Waals surface area contributed by atoms with Gasteiger partial charge in [-0.2, -0.15) is 0 Å². The minimum absolute atomic E-state index is 0.150. The number of barbiturate groups is 1. The van der Waals surface area contributed by atoms with Gasteiger partial charge < -0.3 is 0 Å². The molecule has 1 unspecified atom stereocenters. The van der Waals surface area contributed by atoms with Gasteiger partial charge >= 0.3 is 6.03 Å². The quantitative estimate of drug-likeness (QED) is 0.846. The van der Waals surface area contributed by atoms with Crippen molar-refractivity contribution in [2.75, 3.05) is 4.90 Å². The summed E-state index contributed by atoms with van der Waals surface area (Å²) in [7, 11) is 0. The Balaban J connectivity index is 1.98. The molecule has 1 heterocycles. The van der Waals surface area contributed by atoms with Gasteiger partial charge in [-0.25, -0.2) is 9.69 Å². The SMILES string of the molecule is CC(C)C1C(=O)NC(=O)N(c2ccc3c(c2)CCC3)C1=O. The Morgan fingerprint density at radius 2 is 1.86 bits per heavy atom. The molecule has 1 aromatic rings. The third kappa shape index (κ3) is 2.22. The fourth-order valence-corrected chi connectivity index (χ4v) is 3.12. The van der Waals surface area contributed by atoms with Gasteiger partial charge in [0.1, 0.15) is 5.92 Å². The van der Waals surface area contributed by atoms with E-state index in [2.05, 4.69) is 5.32 Å². The number of carbonyl (C=O) groups excluding carboxylic acids is 3. The van der Waals surface area contributed by atoms with E-state index in [1.807, 2.05) is 12.1 Å². The molecule has 5 heteroatoms. The van der Waals surface area contributed by atoms with Crippen LogP contribution < -0.4 is 10.2 Å². The van der Waals surface area contributed by atoms with Crippen molar-refractivity contribution in [2.24, 2.45) is 11.8 Å². The molecule has 1 atom stereocenters. The van der Waals surface area contributed by atoms with Crippen LogP contribution in [0, 0.1) is 11.8 Å². The van der Waals surface area contributed by atoms with Gasteiger partial charge in [-0.15, -0.1) is 0 Å². The number of anilines is 1. The van der Waals surface area contributed by atoms with E-state index in [-0.39, 0.29) is 5.92 Å². The van der Waals surface area contributed by atoms with Gasteiger partial charge in [0.05, 0.1) is 5.69 Å². The van der Waals surface area contributed by atoms with Crippen LogP contribution in [0.1, 0.15) is 31.4 Å². The largest absolute Gasteiger partial charge is 0.335 e. The van der Waals surface area contributed by atoms with Crippen molar-refractivity contribution in [3.8, 4) is 0 Å². The van der Waals surface area contributed by atoms with E-state index in [1.165, 1.54) is 11.1 Å². The molecule has 1 aliphatic carbocycles. The molecule has 1 aliphatic heterocycles. The lowest BCUT2D eigenvalue weighted by Gasteiger charge is -2.32. The Morgan fingerprint density at radius 3 is 2.57 bits per heavy atom. The highest BCUT2D eigenvalue weighted by Crippen LogP contribution is 2.29. The van der Waals surface area contributed by atoms with Crippen LogP contribution in [-0.4, -0.2) is 17.8 Å². The van der Waals surface area contributed by atoms with E-state index in [0.717, 1.165) is 24.2 Å². The highest BCUT2D eigenvalue weighted by Gasteiger charge is 2.42. The first-order valence-corrected chi connectivity index (χ1v) is 7.29. The molecule has 0 radical (unpaired) electrons. The van der Waals surface area contributed by atoms with Gasteiger partial charge in [0.15, 0.2) is 0 Å². The number of fused-ring (bicyclic) bond motifs is 1. The van der Waals surface area contributed by atoms with E-state index in [1.54, 1.807) is 19.9 Å². The van der Waals surface area contributed by atoms with Crippen LogP contribution in [0.15, 0.2) is 18.2 Å². The highest BCUT2D eigenvalue weighted by molar-refractivity contribution is 6.27. The summed E-state index contributed by atoms with van der Waals surface area (Å²) in [6.45, 7) is 3.61. The van der Waals surface area contributed by atoms with Crippen molar-refractivity contribution in [3.05, 3.63) is 29.3 Å². The van der Waals surface area contributed by atoms with Crippen molar-refractivity contribution >= 4 is 23.5 Å². The van der Waals surface area contributed by atoms with Gasteiger partial charge in [0.25, 0.3) is 0 Å². The van der Waals surface area contributed by atoms with Crippen molar-refractivity contribution in [1.29, 1.82) is 0 Å². The van der Waals surface area contributed by atoms with Gasteiger partial charge in [0.2, 0.25) is 11.8 Å².